The van der Waals surface area contributed by atoms with Crippen molar-refractivity contribution in [3.8, 4) is 0 Å². The molecule has 0 bridgehead atoms. The van der Waals surface area contributed by atoms with Crippen LogP contribution in [0.4, 0.5) is 0 Å². The van der Waals surface area contributed by atoms with E-state index in [0.717, 1.165) is 0 Å². The van der Waals surface area contributed by atoms with Crippen LogP contribution in [0.15, 0.2) is 12.1 Å². The molecule has 1 aromatic rings. The normalized spacial score (nSPS) is 24.8. The smallest absolute Gasteiger partial charge is 0.339 e. The molecule has 0 amide bonds. The highest BCUT2D eigenvalue weighted by Gasteiger charge is 2.50. The van der Waals surface area contributed by atoms with Gasteiger partial charge in [0.1, 0.15) is 11.7 Å². The number of benzene rings is 1. The molecule has 7 heteroatoms. The summed E-state index contributed by atoms with van der Waals surface area (Å²) in [4.78, 5) is 11.8. The topological polar surface area (TPSA) is 44.8 Å². The van der Waals surface area contributed by atoms with E-state index in [1.807, 2.05) is 6.92 Å². The first kappa shape index (κ1) is 17.8. The van der Waals surface area contributed by atoms with E-state index in [2.05, 4.69) is 19.6 Å². The van der Waals surface area contributed by atoms with Crippen LogP contribution in [0.1, 0.15) is 22.8 Å². The Balaban J connectivity index is 2.45. The number of carbonyl (C=O) groups is 1. The summed E-state index contributed by atoms with van der Waals surface area (Å²) < 4.78 is 16.7. The molecule has 22 heavy (non-hydrogen) atoms. The summed E-state index contributed by atoms with van der Waals surface area (Å²) in [7, 11) is -0.435. The van der Waals surface area contributed by atoms with Crippen molar-refractivity contribution in [2.45, 2.75) is 38.3 Å². The fourth-order valence-corrected chi connectivity index (χ4v) is 4.45. The van der Waals surface area contributed by atoms with Crippen LogP contribution in [-0.4, -0.2) is 34.1 Å². The zero-order valence-corrected chi connectivity index (χ0v) is 15.8. The van der Waals surface area contributed by atoms with E-state index in [1.165, 1.54) is 7.11 Å². The van der Waals surface area contributed by atoms with E-state index in [-0.39, 0.29) is 16.7 Å². The van der Waals surface area contributed by atoms with Crippen LogP contribution >= 0.6 is 23.2 Å². The van der Waals surface area contributed by atoms with Gasteiger partial charge in [-0.2, -0.15) is 0 Å². The molecular weight excluding hydrogens is 343 g/mol. The summed E-state index contributed by atoms with van der Waals surface area (Å²) in [6.45, 7) is 8.70. The molecule has 0 N–H and O–H groups in total. The molecule has 1 aliphatic heterocycles. The van der Waals surface area contributed by atoms with Crippen molar-refractivity contribution in [3.63, 3.8) is 0 Å². The molecule has 1 aromatic carbocycles. The van der Waals surface area contributed by atoms with Crippen molar-refractivity contribution < 1.29 is 18.7 Å². The second kappa shape index (κ2) is 6.13. The predicted molar refractivity (Wildman–Crippen MR) is 89.3 cm³/mol. The second-order valence-electron chi connectivity index (χ2n) is 6.41. The zero-order valence-electron chi connectivity index (χ0n) is 13.3. The SMILES string of the molecule is COC(=O)c1ccc(Cl)c(C2(C)OCC2O[Si](C)(C)C)c1Cl. The number of hydrogen-bond acceptors (Lipinski definition) is 4. The van der Waals surface area contributed by atoms with Gasteiger partial charge >= 0.3 is 5.97 Å². The summed E-state index contributed by atoms with van der Waals surface area (Å²) in [5, 5.41) is 0.703. The molecule has 1 heterocycles. The number of methoxy groups -OCH3 is 1. The number of ether oxygens (including phenoxy) is 2. The van der Waals surface area contributed by atoms with Gasteiger partial charge in [0.05, 0.1) is 24.3 Å². The lowest BCUT2D eigenvalue weighted by Gasteiger charge is -2.49. The number of rotatable bonds is 4. The van der Waals surface area contributed by atoms with Crippen LogP contribution in [0, 0.1) is 0 Å². The van der Waals surface area contributed by atoms with Gasteiger partial charge in [-0.3, -0.25) is 0 Å². The Hall–Kier alpha value is -0.593. The molecule has 2 rings (SSSR count). The maximum absolute atomic E-state index is 11.8. The third kappa shape index (κ3) is 3.19. The minimum Gasteiger partial charge on any atom is -0.465 e. The second-order valence-corrected chi connectivity index (χ2v) is 11.7. The molecule has 0 radical (unpaired) electrons. The van der Waals surface area contributed by atoms with Crippen molar-refractivity contribution in [2.24, 2.45) is 0 Å². The van der Waals surface area contributed by atoms with Crippen molar-refractivity contribution in [1.29, 1.82) is 0 Å². The van der Waals surface area contributed by atoms with Gasteiger partial charge in [0.2, 0.25) is 0 Å². The number of esters is 1. The van der Waals surface area contributed by atoms with E-state index in [9.17, 15) is 4.79 Å². The molecule has 0 aromatic heterocycles. The van der Waals surface area contributed by atoms with Gasteiger partial charge in [0.15, 0.2) is 8.32 Å². The fraction of sp³-hybridized carbons (Fsp3) is 0.533. The lowest BCUT2D eigenvalue weighted by molar-refractivity contribution is -0.228. The van der Waals surface area contributed by atoms with Crippen LogP contribution in [0.2, 0.25) is 29.7 Å². The third-order valence-corrected chi connectivity index (χ3v) is 5.34. The highest BCUT2D eigenvalue weighted by atomic mass is 35.5. The summed E-state index contributed by atoms with van der Waals surface area (Å²) in [5.41, 5.74) is 0.0821. The van der Waals surface area contributed by atoms with E-state index in [0.29, 0.717) is 17.2 Å². The molecule has 1 aliphatic rings. The quantitative estimate of drug-likeness (QED) is 0.593. The Morgan fingerprint density at radius 3 is 2.45 bits per heavy atom. The third-order valence-electron chi connectivity index (χ3n) is 3.64. The first-order valence-electron chi connectivity index (χ1n) is 6.98. The number of carbonyl (C=O) groups excluding carboxylic acids is 1. The van der Waals surface area contributed by atoms with Crippen molar-refractivity contribution in [2.75, 3.05) is 13.7 Å². The van der Waals surface area contributed by atoms with Gasteiger partial charge < -0.3 is 13.9 Å². The summed E-state index contributed by atoms with van der Waals surface area (Å²) in [6.07, 6.45) is -0.137. The summed E-state index contributed by atoms with van der Waals surface area (Å²) >= 11 is 12.7. The van der Waals surface area contributed by atoms with Crippen molar-refractivity contribution in [3.05, 3.63) is 33.3 Å². The predicted octanol–water partition coefficient (Wildman–Crippen LogP) is 4.25. The van der Waals surface area contributed by atoms with Crippen LogP contribution in [-0.2, 0) is 19.5 Å². The van der Waals surface area contributed by atoms with Crippen LogP contribution in [0.25, 0.3) is 0 Å². The average molecular weight is 363 g/mol. The summed E-state index contributed by atoms with van der Waals surface area (Å²) in [5.74, 6) is -0.506. The Kier molecular flexibility index (Phi) is 4.95. The van der Waals surface area contributed by atoms with Crippen LogP contribution < -0.4 is 0 Å². The van der Waals surface area contributed by atoms with Gasteiger partial charge in [0.25, 0.3) is 0 Å². The molecule has 2 atom stereocenters. The molecule has 0 spiro atoms. The van der Waals surface area contributed by atoms with Crippen LogP contribution in [0.5, 0.6) is 0 Å². The van der Waals surface area contributed by atoms with E-state index >= 15 is 0 Å². The maximum Gasteiger partial charge on any atom is 0.339 e. The largest absolute Gasteiger partial charge is 0.465 e. The first-order valence-corrected chi connectivity index (χ1v) is 11.1. The standard InChI is InChI=1S/C15H20Cl2O4Si/c1-15(11(8-20-15)21-22(3,4)5)12-10(16)7-6-9(13(12)17)14(18)19-2/h6-7,11H,8H2,1-5H3. The van der Waals surface area contributed by atoms with Gasteiger partial charge in [-0.05, 0) is 38.7 Å². The molecule has 1 saturated heterocycles. The lowest BCUT2D eigenvalue weighted by Crippen LogP contribution is -2.58. The van der Waals surface area contributed by atoms with Crippen molar-refractivity contribution >= 4 is 37.5 Å². The van der Waals surface area contributed by atoms with E-state index < -0.39 is 19.9 Å². The molecule has 122 valence electrons. The maximum atomic E-state index is 11.8. The van der Waals surface area contributed by atoms with Crippen molar-refractivity contribution in [1.82, 2.24) is 0 Å². The number of hydrogen-bond donors (Lipinski definition) is 0. The average Bonchev–Trinajstić information content (AvgIpc) is 2.42. The Morgan fingerprint density at radius 1 is 1.36 bits per heavy atom. The molecular formula is C15H20Cl2O4Si. The highest BCUT2D eigenvalue weighted by Crippen LogP contribution is 2.47. The highest BCUT2D eigenvalue weighted by molar-refractivity contribution is 6.69. The van der Waals surface area contributed by atoms with Crippen LogP contribution in [0.3, 0.4) is 0 Å². The molecule has 2 unspecified atom stereocenters. The molecule has 1 fully saturated rings. The monoisotopic (exact) mass is 362 g/mol. The van der Waals surface area contributed by atoms with E-state index in [1.54, 1.807) is 12.1 Å². The van der Waals surface area contributed by atoms with Gasteiger partial charge in [-0.1, -0.05) is 23.2 Å². The minimum atomic E-state index is -1.75. The number of halogens is 2. The van der Waals surface area contributed by atoms with E-state index in [4.69, 9.17) is 37.1 Å². The summed E-state index contributed by atoms with van der Waals surface area (Å²) in [6, 6.07) is 3.18. The molecule has 0 aliphatic carbocycles. The Morgan fingerprint density at radius 2 is 2.00 bits per heavy atom. The molecule has 4 nitrogen and oxygen atoms in total. The Labute approximate surface area is 141 Å². The van der Waals surface area contributed by atoms with Gasteiger partial charge in [-0.15, -0.1) is 0 Å². The van der Waals surface area contributed by atoms with Gasteiger partial charge in [0, 0.05) is 10.6 Å². The first-order chi connectivity index (χ1) is 10.1. The minimum absolute atomic E-state index is 0.137. The lowest BCUT2D eigenvalue weighted by atomic mass is 9.85. The fourth-order valence-electron chi connectivity index (χ4n) is 2.48. The Bertz CT molecular complexity index is 600. The molecule has 0 saturated carbocycles. The zero-order chi connectivity index (χ0) is 16.7. The van der Waals surface area contributed by atoms with Gasteiger partial charge in [-0.25, -0.2) is 4.79 Å².